The van der Waals surface area contributed by atoms with Gasteiger partial charge in [-0.25, -0.2) is 0 Å². The first-order valence-corrected chi connectivity index (χ1v) is 6.03. The fourth-order valence-electron chi connectivity index (χ4n) is 1.21. The molecule has 0 fully saturated rings. The number of benzene rings is 1. The minimum Gasteiger partial charge on any atom is -0.353 e. The number of aromatic nitrogens is 1. The Morgan fingerprint density at radius 3 is 2.69 bits per heavy atom. The van der Waals surface area contributed by atoms with Gasteiger partial charge in [0, 0.05) is 17.4 Å². The van der Waals surface area contributed by atoms with Gasteiger partial charge in [-0.3, -0.25) is 4.98 Å². The van der Waals surface area contributed by atoms with Crippen LogP contribution < -0.4 is 5.32 Å². The van der Waals surface area contributed by atoms with Gasteiger partial charge >= 0.3 is 0 Å². The molecule has 1 heterocycles. The monoisotopic (exact) mass is 316 g/mol. The predicted molar refractivity (Wildman–Crippen MR) is 71.7 cm³/mol. The molecule has 0 aliphatic heterocycles. The zero-order valence-electron chi connectivity index (χ0n) is 8.05. The molecule has 1 N–H and O–H groups in total. The van der Waals surface area contributed by atoms with E-state index in [1.807, 2.05) is 6.07 Å². The van der Waals surface area contributed by atoms with Crippen LogP contribution in [-0.2, 0) is 0 Å². The van der Waals surface area contributed by atoms with Gasteiger partial charge in [0.05, 0.1) is 20.9 Å². The third kappa shape index (κ3) is 2.67. The van der Waals surface area contributed by atoms with Gasteiger partial charge in [0.15, 0.2) is 0 Å². The summed E-state index contributed by atoms with van der Waals surface area (Å²) in [6.07, 6.45) is 3.41. The molecule has 0 unspecified atom stereocenters. The second kappa shape index (κ2) is 5.04. The Morgan fingerprint density at radius 1 is 1.12 bits per heavy atom. The van der Waals surface area contributed by atoms with Crippen LogP contribution in [0, 0.1) is 0 Å². The highest BCUT2D eigenvalue weighted by Crippen LogP contribution is 2.30. The average molecular weight is 318 g/mol. The maximum absolute atomic E-state index is 6.05. The van der Waals surface area contributed by atoms with Gasteiger partial charge in [0.1, 0.15) is 0 Å². The average Bonchev–Trinajstić information content (AvgIpc) is 2.27. The lowest BCUT2D eigenvalue weighted by Crippen LogP contribution is -1.92. The highest BCUT2D eigenvalue weighted by atomic mass is 79.9. The number of hydrogen-bond donors (Lipinski definition) is 1. The first-order chi connectivity index (χ1) is 7.66. The summed E-state index contributed by atoms with van der Waals surface area (Å²) in [5.74, 6) is 0. The third-order valence-corrected chi connectivity index (χ3v) is 3.17. The number of nitrogens with one attached hydrogen (secondary N) is 1. The Labute approximate surface area is 112 Å². The van der Waals surface area contributed by atoms with Gasteiger partial charge in [0.2, 0.25) is 0 Å². The van der Waals surface area contributed by atoms with Gasteiger partial charge < -0.3 is 5.32 Å². The van der Waals surface area contributed by atoms with Crippen molar-refractivity contribution >= 4 is 50.5 Å². The molecule has 0 aliphatic carbocycles. The van der Waals surface area contributed by atoms with E-state index in [0.717, 1.165) is 15.8 Å². The number of anilines is 2. The van der Waals surface area contributed by atoms with Crippen molar-refractivity contribution in [1.29, 1.82) is 0 Å². The van der Waals surface area contributed by atoms with E-state index in [-0.39, 0.29) is 0 Å². The number of halogens is 3. The summed E-state index contributed by atoms with van der Waals surface area (Å²) in [5, 5.41) is 4.43. The van der Waals surface area contributed by atoms with Crippen LogP contribution in [0.3, 0.4) is 0 Å². The van der Waals surface area contributed by atoms with E-state index in [1.165, 1.54) is 0 Å². The van der Waals surface area contributed by atoms with Crippen LogP contribution in [0.1, 0.15) is 0 Å². The van der Waals surface area contributed by atoms with Crippen molar-refractivity contribution in [3.05, 3.63) is 51.2 Å². The summed E-state index contributed by atoms with van der Waals surface area (Å²) in [7, 11) is 0. The highest BCUT2D eigenvalue weighted by Gasteiger charge is 2.04. The molecule has 16 heavy (non-hydrogen) atoms. The van der Waals surface area contributed by atoms with E-state index >= 15 is 0 Å². The van der Waals surface area contributed by atoms with Crippen LogP contribution in [0.4, 0.5) is 11.4 Å². The summed E-state index contributed by atoms with van der Waals surface area (Å²) in [6, 6.07) is 7.12. The van der Waals surface area contributed by atoms with E-state index in [0.29, 0.717) is 10.0 Å². The molecule has 2 nitrogen and oxygen atoms in total. The van der Waals surface area contributed by atoms with E-state index in [1.54, 1.807) is 30.6 Å². The van der Waals surface area contributed by atoms with Gasteiger partial charge in [-0.15, -0.1) is 0 Å². The van der Waals surface area contributed by atoms with Crippen molar-refractivity contribution in [2.45, 2.75) is 0 Å². The summed E-state index contributed by atoms with van der Waals surface area (Å²) in [4.78, 5) is 3.98. The second-order valence-electron chi connectivity index (χ2n) is 3.10. The first-order valence-electron chi connectivity index (χ1n) is 4.48. The maximum atomic E-state index is 6.05. The Balaban J connectivity index is 2.34. The van der Waals surface area contributed by atoms with E-state index in [4.69, 9.17) is 23.2 Å². The standard InChI is InChI=1S/C11H7BrCl2N2/c12-8-6-15-4-3-10(8)16-11-5-7(13)1-2-9(11)14/h1-6H,(H,15,16). The molecule has 1 aromatic heterocycles. The second-order valence-corrected chi connectivity index (χ2v) is 4.80. The molecular formula is C11H7BrCl2N2. The molecule has 0 bridgehead atoms. The van der Waals surface area contributed by atoms with Crippen molar-refractivity contribution < 1.29 is 0 Å². The van der Waals surface area contributed by atoms with Crippen LogP contribution in [0.15, 0.2) is 41.1 Å². The summed E-state index contributed by atoms with van der Waals surface area (Å²) < 4.78 is 0.867. The van der Waals surface area contributed by atoms with Crippen LogP contribution >= 0.6 is 39.1 Å². The molecule has 0 radical (unpaired) electrons. The van der Waals surface area contributed by atoms with Crippen molar-refractivity contribution in [2.24, 2.45) is 0 Å². The van der Waals surface area contributed by atoms with Crippen molar-refractivity contribution in [2.75, 3.05) is 5.32 Å². The molecule has 0 amide bonds. The van der Waals surface area contributed by atoms with E-state index < -0.39 is 0 Å². The first kappa shape index (κ1) is 11.7. The lowest BCUT2D eigenvalue weighted by molar-refractivity contribution is 1.30. The number of rotatable bonds is 2. The number of pyridine rings is 1. The smallest absolute Gasteiger partial charge is 0.0642 e. The molecule has 0 spiro atoms. The zero-order chi connectivity index (χ0) is 11.5. The van der Waals surface area contributed by atoms with Crippen molar-refractivity contribution in [3.8, 4) is 0 Å². The van der Waals surface area contributed by atoms with Crippen molar-refractivity contribution in [3.63, 3.8) is 0 Å². The number of nitrogens with zero attached hydrogens (tertiary/aromatic N) is 1. The summed E-state index contributed by atoms with van der Waals surface area (Å²) in [5.41, 5.74) is 1.65. The molecule has 5 heteroatoms. The van der Waals surface area contributed by atoms with Crippen molar-refractivity contribution in [1.82, 2.24) is 4.98 Å². The molecule has 0 saturated carbocycles. The molecule has 0 aliphatic rings. The Hall–Kier alpha value is -0.770. The van der Waals surface area contributed by atoms with Crippen LogP contribution in [0.25, 0.3) is 0 Å². The largest absolute Gasteiger partial charge is 0.353 e. The Morgan fingerprint density at radius 2 is 1.94 bits per heavy atom. The minimum absolute atomic E-state index is 0.619. The minimum atomic E-state index is 0.619. The van der Waals surface area contributed by atoms with Gasteiger partial charge in [-0.2, -0.15) is 0 Å². The van der Waals surface area contributed by atoms with Gasteiger partial charge in [0.25, 0.3) is 0 Å². The summed E-state index contributed by atoms with van der Waals surface area (Å²) >= 11 is 15.3. The Bertz CT molecular complexity index is 517. The van der Waals surface area contributed by atoms with Crippen LogP contribution in [0.2, 0.25) is 10.0 Å². The topological polar surface area (TPSA) is 24.9 Å². The van der Waals surface area contributed by atoms with Gasteiger partial charge in [-0.05, 0) is 40.2 Å². The van der Waals surface area contributed by atoms with Crippen LogP contribution in [0.5, 0.6) is 0 Å². The molecule has 2 aromatic rings. The van der Waals surface area contributed by atoms with E-state index in [2.05, 4.69) is 26.2 Å². The zero-order valence-corrected chi connectivity index (χ0v) is 11.1. The maximum Gasteiger partial charge on any atom is 0.0642 e. The molecular weight excluding hydrogens is 311 g/mol. The molecule has 82 valence electrons. The third-order valence-electron chi connectivity index (χ3n) is 1.97. The predicted octanol–water partition coefficient (Wildman–Crippen LogP) is 4.89. The Kier molecular flexibility index (Phi) is 3.69. The summed E-state index contributed by atoms with van der Waals surface area (Å²) in [6.45, 7) is 0. The molecule has 2 rings (SSSR count). The van der Waals surface area contributed by atoms with Gasteiger partial charge in [-0.1, -0.05) is 23.2 Å². The molecule has 1 aromatic carbocycles. The van der Waals surface area contributed by atoms with E-state index in [9.17, 15) is 0 Å². The SMILES string of the molecule is Clc1ccc(Cl)c(Nc2ccncc2Br)c1. The normalized spacial score (nSPS) is 10.2. The number of hydrogen-bond acceptors (Lipinski definition) is 2. The fraction of sp³-hybridized carbons (Fsp3) is 0. The molecule has 0 saturated heterocycles. The highest BCUT2D eigenvalue weighted by molar-refractivity contribution is 9.10. The fourth-order valence-corrected chi connectivity index (χ4v) is 1.90. The lowest BCUT2D eigenvalue weighted by atomic mass is 10.3. The van der Waals surface area contributed by atoms with Crippen LogP contribution in [-0.4, -0.2) is 4.98 Å². The quantitative estimate of drug-likeness (QED) is 0.852. The molecule has 0 atom stereocenters. The lowest BCUT2D eigenvalue weighted by Gasteiger charge is -2.09.